The van der Waals surface area contributed by atoms with E-state index in [1.165, 1.54) is 5.56 Å². The van der Waals surface area contributed by atoms with Crippen LogP contribution in [0.3, 0.4) is 0 Å². The van der Waals surface area contributed by atoms with Crippen molar-refractivity contribution in [2.24, 2.45) is 0 Å². The zero-order valence-corrected chi connectivity index (χ0v) is 9.44. The Bertz CT molecular complexity index is 324. The highest BCUT2D eigenvalue weighted by atomic mass is 16.5. The highest BCUT2D eigenvalue weighted by molar-refractivity contribution is 5.49. The van der Waals surface area contributed by atoms with Gasteiger partial charge in [0.15, 0.2) is 0 Å². The van der Waals surface area contributed by atoms with Gasteiger partial charge in [0.2, 0.25) is 0 Å². The van der Waals surface area contributed by atoms with Gasteiger partial charge in [0.1, 0.15) is 0 Å². The number of methoxy groups -OCH3 is 1. The lowest BCUT2D eigenvalue weighted by molar-refractivity contribution is 0.142. The summed E-state index contributed by atoms with van der Waals surface area (Å²) in [6.45, 7) is 5.90. The Morgan fingerprint density at radius 1 is 1.40 bits per heavy atom. The van der Waals surface area contributed by atoms with E-state index in [1.54, 1.807) is 7.11 Å². The molecule has 1 rings (SSSR count). The van der Waals surface area contributed by atoms with Crippen LogP contribution >= 0.6 is 0 Å². The van der Waals surface area contributed by atoms with Crippen molar-refractivity contribution in [3.8, 4) is 0 Å². The van der Waals surface area contributed by atoms with E-state index in [2.05, 4.69) is 30.9 Å². The molecule has 0 saturated heterocycles. The highest BCUT2D eigenvalue weighted by Crippen LogP contribution is 2.09. The lowest BCUT2D eigenvalue weighted by Gasteiger charge is -2.09. The minimum Gasteiger partial charge on any atom is -0.377 e. The van der Waals surface area contributed by atoms with Gasteiger partial charge >= 0.3 is 0 Å². The molecule has 0 amide bonds. The second kappa shape index (κ2) is 6.20. The van der Waals surface area contributed by atoms with Crippen molar-refractivity contribution in [2.75, 3.05) is 7.11 Å². The lowest BCUT2D eigenvalue weighted by Crippen LogP contribution is -2.06. The second-order valence-corrected chi connectivity index (χ2v) is 3.71. The lowest BCUT2D eigenvalue weighted by atomic mass is 10.1. The summed E-state index contributed by atoms with van der Waals surface area (Å²) in [6, 6.07) is 10.2. The van der Waals surface area contributed by atoms with Crippen LogP contribution in [0.4, 0.5) is 0 Å². The smallest absolute Gasteiger partial charge is 0.0792 e. The van der Waals surface area contributed by atoms with Crippen molar-refractivity contribution < 1.29 is 4.74 Å². The number of hydrogen-bond acceptors (Lipinski definition) is 1. The third-order valence-electron chi connectivity index (χ3n) is 2.16. The molecule has 0 heterocycles. The van der Waals surface area contributed by atoms with E-state index in [9.17, 15) is 0 Å². The Labute approximate surface area is 92.1 Å². The summed E-state index contributed by atoms with van der Waals surface area (Å²) in [5, 5.41) is 0. The van der Waals surface area contributed by atoms with Gasteiger partial charge in [-0.2, -0.15) is 0 Å². The number of benzene rings is 1. The van der Waals surface area contributed by atoms with Crippen LogP contribution in [0.5, 0.6) is 0 Å². The van der Waals surface area contributed by atoms with Gasteiger partial charge in [-0.25, -0.2) is 0 Å². The predicted octanol–water partition coefficient (Wildman–Crippen LogP) is 3.68. The molecule has 0 radical (unpaired) electrons. The van der Waals surface area contributed by atoms with Crippen LogP contribution in [0.25, 0.3) is 6.08 Å². The molecule has 1 unspecified atom stereocenters. The fourth-order valence-corrected chi connectivity index (χ4v) is 1.36. The summed E-state index contributed by atoms with van der Waals surface area (Å²) in [5.74, 6) is 0. The molecule has 0 aliphatic rings. The van der Waals surface area contributed by atoms with E-state index in [0.717, 1.165) is 12.0 Å². The van der Waals surface area contributed by atoms with Gasteiger partial charge in [-0.1, -0.05) is 48.1 Å². The predicted molar refractivity (Wildman–Crippen MR) is 65.7 cm³/mol. The largest absolute Gasteiger partial charge is 0.377 e. The summed E-state index contributed by atoms with van der Waals surface area (Å²) in [5.41, 5.74) is 2.33. The summed E-state index contributed by atoms with van der Waals surface area (Å²) in [4.78, 5) is 0. The molecule has 1 heteroatoms. The van der Waals surface area contributed by atoms with Gasteiger partial charge in [-0.15, -0.1) is 6.58 Å². The van der Waals surface area contributed by atoms with Crippen LogP contribution in [0.1, 0.15) is 18.9 Å². The monoisotopic (exact) mass is 202 g/mol. The first kappa shape index (κ1) is 11.7. The average Bonchev–Trinajstić information content (AvgIpc) is 2.25. The summed E-state index contributed by atoms with van der Waals surface area (Å²) >= 11 is 0. The van der Waals surface area contributed by atoms with Crippen molar-refractivity contribution in [2.45, 2.75) is 19.4 Å². The van der Waals surface area contributed by atoms with Crippen LogP contribution in [0.15, 0.2) is 48.6 Å². The molecule has 0 N–H and O–H groups in total. The van der Waals surface area contributed by atoms with Crippen molar-refractivity contribution in [1.29, 1.82) is 0 Å². The Morgan fingerprint density at radius 2 is 2.07 bits per heavy atom. The van der Waals surface area contributed by atoms with E-state index in [4.69, 9.17) is 4.74 Å². The quantitative estimate of drug-likeness (QED) is 0.662. The maximum atomic E-state index is 5.34. The van der Waals surface area contributed by atoms with Crippen molar-refractivity contribution in [1.82, 2.24) is 0 Å². The topological polar surface area (TPSA) is 9.23 Å². The molecule has 1 nitrogen and oxygen atoms in total. The summed E-state index contributed by atoms with van der Waals surface area (Å²) in [6.07, 6.45) is 5.16. The Morgan fingerprint density at radius 3 is 2.60 bits per heavy atom. The molecular weight excluding hydrogens is 184 g/mol. The average molecular weight is 202 g/mol. The number of rotatable bonds is 5. The van der Waals surface area contributed by atoms with Gasteiger partial charge in [0.25, 0.3) is 0 Å². The minimum atomic E-state index is 0.128. The molecule has 1 aromatic carbocycles. The molecule has 0 aromatic heterocycles. The van der Waals surface area contributed by atoms with Crippen LogP contribution in [0.2, 0.25) is 0 Å². The summed E-state index contributed by atoms with van der Waals surface area (Å²) < 4.78 is 5.34. The fourth-order valence-electron chi connectivity index (χ4n) is 1.36. The Balaban J connectivity index is 2.58. The van der Waals surface area contributed by atoms with E-state index in [-0.39, 0.29) is 6.10 Å². The van der Waals surface area contributed by atoms with Crippen molar-refractivity contribution in [3.05, 3.63) is 54.1 Å². The molecule has 80 valence electrons. The SMILES string of the molecule is C=C(C)CC(/C=C/c1ccccc1)OC. The van der Waals surface area contributed by atoms with Gasteiger partial charge in [-0.05, 0) is 18.9 Å². The molecule has 0 spiro atoms. The van der Waals surface area contributed by atoms with Gasteiger partial charge < -0.3 is 4.74 Å². The first-order valence-corrected chi connectivity index (χ1v) is 5.13. The standard InChI is InChI=1S/C14H18O/c1-12(2)11-14(15-3)10-9-13-7-5-4-6-8-13/h4-10,14H,1,11H2,2-3H3/b10-9+. The van der Waals surface area contributed by atoms with Crippen molar-refractivity contribution in [3.63, 3.8) is 0 Å². The van der Waals surface area contributed by atoms with Crippen LogP contribution in [-0.2, 0) is 4.74 Å². The maximum absolute atomic E-state index is 5.34. The normalized spacial score (nSPS) is 12.9. The Kier molecular flexibility index (Phi) is 4.85. The van der Waals surface area contributed by atoms with Gasteiger partial charge in [0.05, 0.1) is 6.10 Å². The van der Waals surface area contributed by atoms with Gasteiger partial charge in [0, 0.05) is 7.11 Å². The van der Waals surface area contributed by atoms with E-state index in [0.29, 0.717) is 0 Å². The molecule has 0 bridgehead atoms. The van der Waals surface area contributed by atoms with E-state index in [1.807, 2.05) is 25.1 Å². The maximum Gasteiger partial charge on any atom is 0.0792 e. The van der Waals surface area contributed by atoms with Gasteiger partial charge in [-0.3, -0.25) is 0 Å². The second-order valence-electron chi connectivity index (χ2n) is 3.71. The molecule has 15 heavy (non-hydrogen) atoms. The molecule has 1 aromatic rings. The molecule has 1 atom stereocenters. The fraction of sp³-hybridized carbons (Fsp3) is 0.286. The zero-order valence-electron chi connectivity index (χ0n) is 9.44. The first-order chi connectivity index (χ1) is 7.22. The minimum absolute atomic E-state index is 0.128. The van der Waals surface area contributed by atoms with Crippen LogP contribution in [0, 0.1) is 0 Å². The molecule has 0 saturated carbocycles. The number of ether oxygens (including phenoxy) is 1. The van der Waals surface area contributed by atoms with Crippen molar-refractivity contribution >= 4 is 6.08 Å². The number of hydrogen-bond donors (Lipinski definition) is 0. The van der Waals surface area contributed by atoms with Crippen LogP contribution < -0.4 is 0 Å². The zero-order chi connectivity index (χ0) is 11.1. The highest BCUT2D eigenvalue weighted by Gasteiger charge is 2.01. The molecule has 0 aliphatic heterocycles. The first-order valence-electron chi connectivity index (χ1n) is 5.13. The third kappa shape index (κ3) is 4.61. The molecule has 0 aliphatic carbocycles. The molecule has 0 fully saturated rings. The Hall–Kier alpha value is -1.34. The van der Waals surface area contributed by atoms with Crippen LogP contribution in [-0.4, -0.2) is 13.2 Å². The van der Waals surface area contributed by atoms with E-state index < -0.39 is 0 Å². The summed E-state index contributed by atoms with van der Waals surface area (Å²) in [7, 11) is 1.73. The third-order valence-corrected chi connectivity index (χ3v) is 2.16. The van der Waals surface area contributed by atoms with E-state index >= 15 is 0 Å². The molecular formula is C14H18O.